The molecule has 0 heterocycles. The smallest absolute Gasteiger partial charge is 0.163 e. The molecular formula is C27H27NO2. The molecule has 0 aliphatic heterocycles. The maximum Gasteiger partial charge on any atom is 0.163 e. The molecule has 1 rings (SSSR count). The minimum absolute atomic E-state index is 0.568. The number of ether oxygens (including phenoxy) is 2. The summed E-state index contributed by atoms with van der Waals surface area (Å²) in [4.78, 5) is 3.47. The molecule has 0 bridgehead atoms. The first kappa shape index (κ1) is 24.3. The minimum atomic E-state index is 0.568. The van der Waals surface area contributed by atoms with Crippen LogP contribution in [0.4, 0.5) is 0 Å². The molecule has 0 amide bonds. The molecule has 152 valence electrons. The zero-order valence-corrected chi connectivity index (χ0v) is 18.0. The Bertz CT molecular complexity index is 999. The van der Waals surface area contributed by atoms with Crippen LogP contribution in [0.5, 0.6) is 11.5 Å². The van der Waals surface area contributed by atoms with E-state index in [1.165, 1.54) is 25.7 Å². The van der Waals surface area contributed by atoms with Crippen molar-refractivity contribution in [1.82, 2.24) is 0 Å². The molecule has 3 nitrogen and oxygen atoms in total. The van der Waals surface area contributed by atoms with Gasteiger partial charge in [0.05, 0.1) is 13.2 Å². The summed E-state index contributed by atoms with van der Waals surface area (Å²) in [6, 6.07) is 3.75. The molecular weight excluding hydrogens is 370 g/mol. The largest absolute Gasteiger partial charge is 0.493 e. The summed E-state index contributed by atoms with van der Waals surface area (Å²) < 4.78 is 11.5. The number of hydrogen-bond donors (Lipinski definition) is 0. The van der Waals surface area contributed by atoms with E-state index in [2.05, 4.69) is 53.4 Å². The van der Waals surface area contributed by atoms with Gasteiger partial charge in [-0.05, 0) is 55.7 Å². The third-order valence-corrected chi connectivity index (χ3v) is 4.14. The molecule has 0 unspecified atom stereocenters. The van der Waals surface area contributed by atoms with E-state index in [1.54, 1.807) is 13.0 Å². The molecule has 30 heavy (non-hydrogen) atoms. The average molecular weight is 398 g/mol. The van der Waals surface area contributed by atoms with E-state index in [9.17, 15) is 0 Å². The highest BCUT2D eigenvalue weighted by Gasteiger charge is 2.09. The Labute approximate surface area is 181 Å². The van der Waals surface area contributed by atoms with E-state index in [0.717, 1.165) is 29.7 Å². The van der Waals surface area contributed by atoms with Gasteiger partial charge in [0.2, 0.25) is 0 Å². The standard InChI is InChI=1S/C27H27NO2/c1-6-8-10-12-14-16-18-29-26-22-25(21-24(4)28-5)27(20-23(26)3)30-19-17-15-13-11-9-7-2/h1,20-22H,7,9,11,13,15,17,19H2,2-4H3/b24-21-. The van der Waals surface area contributed by atoms with Crippen LogP contribution in [0.15, 0.2) is 17.8 Å². The maximum atomic E-state index is 7.20. The van der Waals surface area contributed by atoms with Crippen molar-refractivity contribution >= 4 is 6.08 Å². The van der Waals surface area contributed by atoms with Crippen LogP contribution in [-0.4, -0.2) is 6.61 Å². The predicted molar refractivity (Wildman–Crippen MR) is 123 cm³/mol. The van der Waals surface area contributed by atoms with Crippen molar-refractivity contribution in [2.75, 3.05) is 6.61 Å². The molecule has 3 heteroatoms. The Morgan fingerprint density at radius 2 is 1.73 bits per heavy atom. The topological polar surface area (TPSA) is 22.8 Å². The van der Waals surface area contributed by atoms with Gasteiger partial charge in [-0.25, -0.2) is 4.85 Å². The number of terminal acetylenes is 1. The van der Waals surface area contributed by atoms with E-state index in [4.69, 9.17) is 22.5 Å². The summed E-state index contributed by atoms with van der Waals surface area (Å²) in [6.07, 6.45) is 16.6. The first-order chi connectivity index (χ1) is 14.6. The van der Waals surface area contributed by atoms with Gasteiger partial charge in [-0.15, -0.1) is 6.42 Å². The van der Waals surface area contributed by atoms with E-state index < -0.39 is 0 Å². The summed E-state index contributed by atoms with van der Waals surface area (Å²) in [6.45, 7) is 13.8. The van der Waals surface area contributed by atoms with E-state index >= 15 is 0 Å². The van der Waals surface area contributed by atoms with Gasteiger partial charge < -0.3 is 9.47 Å². The summed E-state index contributed by atoms with van der Waals surface area (Å²) in [5, 5.41) is 0. The summed E-state index contributed by atoms with van der Waals surface area (Å²) in [7, 11) is 0. The van der Waals surface area contributed by atoms with Crippen molar-refractivity contribution < 1.29 is 9.47 Å². The van der Waals surface area contributed by atoms with Gasteiger partial charge in [0.1, 0.15) is 17.6 Å². The first-order valence-electron chi connectivity index (χ1n) is 10.1. The van der Waals surface area contributed by atoms with Crippen molar-refractivity contribution in [3.05, 3.63) is 40.4 Å². The fourth-order valence-corrected chi connectivity index (χ4v) is 2.58. The third-order valence-electron chi connectivity index (χ3n) is 4.14. The molecule has 1 aromatic rings. The number of hydrogen-bond acceptors (Lipinski definition) is 2. The van der Waals surface area contributed by atoms with Crippen LogP contribution in [0.1, 0.15) is 63.5 Å². The number of nitrogens with zero attached hydrogens (tertiary/aromatic N) is 1. The second-order valence-electron chi connectivity index (χ2n) is 6.64. The Kier molecular flexibility index (Phi) is 12.4. The molecule has 0 atom stereocenters. The van der Waals surface area contributed by atoms with Crippen LogP contribution < -0.4 is 9.47 Å². The van der Waals surface area contributed by atoms with Gasteiger partial charge >= 0.3 is 0 Å². The molecule has 0 saturated carbocycles. The highest BCUT2D eigenvalue weighted by molar-refractivity contribution is 5.64. The molecule has 0 spiro atoms. The highest BCUT2D eigenvalue weighted by Crippen LogP contribution is 2.30. The number of benzene rings is 1. The lowest BCUT2D eigenvalue weighted by Crippen LogP contribution is -2.00. The van der Waals surface area contributed by atoms with Gasteiger partial charge in [0.25, 0.3) is 0 Å². The van der Waals surface area contributed by atoms with Gasteiger partial charge in [-0.2, -0.15) is 0 Å². The quantitative estimate of drug-likeness (QED) is 0.275. The summed E-state index contributed by atoms with van der Waals surface area (Å²) >= 11 is 0. The van der Waals surface area contributed by atoms with Gasteiger partial charge in [0, 0.05) is 23.3 Å². The molecule has 0 aliphatic carbocycles. The summed E-state index contributed by atoms with van der Waals surface area (Å²) in [5.41, 5.74) is 2.25. The zero-order chi connectivity index (χ0) is 22.0. The molecule has 0 aromatic heterocycles. The monoisotopic (exact) mass is 397 g/mol. The number of allylic oxidation sites excluding steroid dienone is 1. The Morgan fingerprint density at radius 1 is 1.03 bits per heavy atom. The lowest BCUT2D eigenvalue weighted by molar-refractivity contribution is 0.303. The van der Waals surface area contributed by atoms with Crippen LogP contribution in [0, 0.1) is 61.5 Å². The average Bonchev–Trinajstić information content (AvgIpc) is 2.74. The Morgan fingerprint density at radius 3 is 2.47 bits per heavy atom. The fourth-order valence-electron chi connectivity index (χ4n) is 2.58. The van der Waals surface area contributed by atoms with Crippen LogP contribution >= 0.6 is 0 Å². The van der Waals surface area contributed by atoms with Crippen molar-refractivity contribution in [2.24, 2.45) is 0 Å². The van der Waals surface area contributed by atoms with Crippen LogP contribution in [-0.2, 0) is 0 Å². The van der Waals surface area contributed by atoms with E-state index in [1.807, 2.05) is 19.1 Å². The van der Waals surface area contributed by atoms with Crippen LogP contribution in [0.3, 0.4) is 0 Å². The van der Waals surface area contributed by atoms with Crippen molar-refractivity contribution in [3.8, 4) is 59.6 Å². The minimum Gasteiger partial charge on any atom is -0.493 e. The van der Waals surface area contributed by atoms with Crippen LogP contribution in [0.2, 0.25) is 0 Å². The van der Waals surface area contributed by atoms with Crippen LogP contribution in [0.25, 0.3) is 10.9 Å². The summed E-state index contributed by atoms with van der Waals surface area (Å²) in [5.74, 6) is 16.0. The number of aryl methyl sites for hydroxylation is 1. The van der Waals surface area contributed by atoms with Gasteiger partial charge in [-0.1, -0.05) is 45.1 Å². The second-order valence-corrected chi connectivity index (χ2v) is 6.64. The van der Waals surface area contributed by atoms with Crippen molar-refractivity contribution in [2.45, 2.75) is 59.3 Å². The molecule has 1 aromatic carbocycles. The van der Waals surface area contributed by atoms with Gasteiger partial charge in [-0.3, -0.25) is 0 Å². The Balaban J connectivity index is 2.88. The van der Waals surface area contributed by atoms with Gasteiger partial charge in [0.15, 0.2) is 5.70 Å². The van der Waals surface area contributed by atoms with E-state index in [0.29, 0.717) is 18.1 Å². The molecule has 0 N–H and O–H groups in total. The van der Waals surface area contributed by atoms with E-state index in [-0.39, 0.29) is 0 Å². The molecule has 0 radical (unpaired) electrons. The van der Waals surface area contributed by atoms with Crippen molar-refractivity contribution in [1.29, 1.82) is 0 Å². The number of unbranched alkanes of at least 4 members (excludes halogenated alkanes) is 5. The zero-order valence-electron chi connectivity index (χ0n) is 18.0. The molecule has 0 fully saturated rings. The maximum absolute atomic E-state index is 7.20. The SMILES string of the molecule is [C-]#[N+]/C(C)=C\c1cc(OC#CC#CC#CC#C)c(C)cc1OCCCCCCCC. The normalized spacial score (nSPS) is 9.43. The Hall–Kier alpha value is -3.71. The molecule has 0 aliphatic rings. The predicted octanol–water partition coefficient (Wildman–Crippen LogP) is 5.99. The lowest BCUT2D eigenvalue weighted by atomic mass is 10.1. The molecule has 0 saturated heterocycles. The second kappa shape index (κ2) is 15.2. The fraction of sp³-hybridized carbons (Fsp3) is 0.370. The lowest BCUT2D eigenvalue weighted by Gasteiger charge is -2.13. The highest BCUT2D eigenvalue weighted by atomic mass is 16.5. The number of rotatable bonds is 10. The first-order valence-corrected chi connectivity index (χ1v) is 10.1. The van der Waals surface area contributed by atoms with Crippen molar-refractivity contribution in [3.63, 3.8) is 0 Å². The third kappa shape index (κ3) is 10.0.